The summed E-state index contributed by atoms with van der Waals surface area (Å²) in [5.41, 5.74) is 0.824. The molecule has 0 spiro atoms. The van der Waals surface area contributed by atoms with E-state index in [1.54, 1.807) is 29.2 Å². The van der Waals surface area contributed by atoms with Crippen LogP contribution in [0.4, 0.5) is 18.9 Å². The lowest BCUT2D eigenvalue weighted by Crippen LogP contribution is -2.55. The quantitative estimate of drug-likeness (QED) is 0.795. The third-order valence-electron chi connectivity index (χ3n) is 5.37. The molecule has 1 N–H and O–H groups in total. The maximum absolute atomic E-state index is 13.2. The van der Waals surface area contributed by atoms with Crippen molar-refractivity contribution in [3.8, 4) is 0 Å². The van der Waals surface area contributed by atoms with Gasteiger partial charge < -0.3 is 10.2 Å². The Morgan fingerprint density at radius 1 is 1.29 bits per heavy atom. The van der Waals surface area contributed by atoms with Gasteiger partial charge >= 0.3 is 6.18 Å². The van der Waals surface area contributed by atoms with Crippen LogP contribution in [-0.4, -0.2) is 36.5 Å². The summed E-state index contributed by atoms with van der Waals surface area (Å²) in [7, 11) is 0. The van der Waals surface area contributed by atoms with Crippen LogP contribution < -0.4 is 10.2 Å². The van der Waals surface area contributed by atoms with Crippen molar-refractivity contribution in [3.05, 3.63) is 51.7 Å². The Kier molecular flexibility index (Phi) is 5.60. The van der Waals surface area contributed by atoms with E-state index < -0.39 is 11.7 Å². The first-order valence-electron chi connectivity index (χ1n) is 9.28. The van der Waals surface area contributed by atoms with Gasteiger partial charge in [0.05, 0.1) is 11.5 Å². The summed E-state index contributed by atoms with van der Waals surface area (Å²) in [5.74, 6) is 1.36. The number of alkyl halides is 3. The molecule has 2 aliphatic rings. The highest BCUT2D eigenvalue weighted by Gasteiger charge is 2.41. The normalized spacial score (nSPS) is 21.8. The minimum atomic E-state index is -4.37. The summed E-state index contributed by atoms with van der Waals surface area (Å²) in [6.07, 6.45) is -3.25. The van der Waals surface area contributed by atoms with E-state index in [1.807, 2.05) is 17.5 Å². The fourth-order valence-corrected chi connectivity index (χ4v) is 5.85. The number of thioether (sulfide) groups is 1. The topological polar surface area (TPSA) is 32.3 Å². The average molecular weight is 427 g/mol. The van der Waals surface area contributed by atoms with Gasteiger partial charge in [-0.25, -0.2) is 0 Å². The maximum Gasteiger partial charge on any atom is 0.416 e. The molecule has 1 saturated heterocycles. The SMILES string of the molecule is O=C(NCCc1cccs1)[C@H]1Cc2cc(C(F)(F)F)ccc2N2CCSC[C@H]12. The number of nitrogens with zero attached hydrogens (tertiary/aromatic N) is 1. The molecular formula is C20H21F3N2OS2. The molecule has 0 unspecified atom stereocenters. The van der Waals surface area contributed by atoms with Crippen LogP contribution in [0, 0.1) is 5.92 Å². The van der Waals surface area contributed by atoms with E-state index in [0.29, 0.717) is 18.5 Å². The lowest BCUT2D eigenvalue weighted by atomic mass is 9.84. The lowest BCUT2D eigenvalue weighted by Gasteiger charge is -2.45. The number of hydrogen-bond donors (Lipinski definition) is 1. The van der Waals surface area contributed by atoms with Gasteiger partial charge in [-0.3, -0.25) is 4.79 Å². The number of anilines is 1. The largest absolute Gasteiger partial charge is 0.416 e. The standard InChI is InChI=1S/C20H21F3N2OS2/c21-20(22,23)14-3-4-17-13(10-14)11-16(18-12-27-9-7-25(17)18)19(26)24-6-5-15-2-1-8-28-15/h1-4,8,10,16,18H,5-7,9,11-12H2,(H,24,26)/t16-,18+/m0/s1. The molecule has 1 fully saturated rings. The Hall–Kier alpha value is -1.67. The van der Waals surface area contributed by atoms with Crippen LogP contribution in [0.3, 0.4) is 0 Å². The van der Waals surface area contributed by atoms with E-state index in [9.17, 15) is 18.0 Å². The molecule has 1 aromatic carbocycles. The second kappa shape index (κ2) is 7.99. The van der Waals surface area contributed by atoms with Crippen LogP contribution in [-0.2, 0) is 23.8 Å². The highest BCUT2D eigenvalue weighted by atomic mass is 32.2. The molecule has 0 radical (unpaired) electrons. The Morgan fingerprint density at radius 2 is 2.14 bits per heavy atom. The van der Waals surface area contributed by atoms with Crippen molar-refractivity contribution in [2.75, 3.05) is 29.5 Å². The zero-order valence-electron chi connectivity index (χ0n) is 15.2. The number of amides is 1. The molecule has 28 heavy (non-hydrogen) atoms. The average Bonchev–Trinajstić information content (AvgIpc) is 3.19. The summed E-state index contributed by atoms with van der Waals surface area (Å²) in [4.78, 5) is 16.3. The Morgan fingerprint density at radius 3 is 2.89 bits per heavy atom. The van der Waals surface area contributed by atoms with Gasteiger partial charge in [0.15, 0.2) is 0 Å². The monoisotopic (exact) mass is 426 g/mol. The number of halogens is 3. The van der Waals surface area contributed by atoms with Crippen molar-refractivity contribution in [2.45, 2.75) is 25.1 Å². The first kappa shape index (κ1) is 19.6. The van der Waals surface area contributed by atoms with E-state index in [4.69, 9.17) is 0 Å². The molecule has 3 nitrogen and oxygen atoms in total. The van der Waals surface area contributed by atoms with Gasteiger partial charge in [-0.1, -0.05) is 6.07 Å². The molecule has 150 valence electrons. The highest BCUT2D eigenvalue weighted by Crippen LogP contribution is 2.40. The molecule has 2 aromatic rings. The Bertz CT molecular complexity index is 838. The van der Waals surface area contributed by atoms with Crippen molar-refractivity contribution in [2.24, 2.45) is 5.92 Å². The molecule has 8 heteroatoms. The second-order valence-electron chi connectivity index (χ2n) is 7.11. The van der Waals surface area contributed by atoms with Gasteiger partial charge in [0.2, 0.25) is 5.91 Å². The summed E-state index contributed by atoms with van der Waals surface area (Å²) in [5, 5.41) is 5.01. The van der Waals surface area contributed by atoms with Crippen LogP contribution in [0.25, 0.3) is 0 Å². The molecule has 0 bridgehead atoms. The number of carbonyl (C=O) groups excluding carboxylic acids is 1. The zero-order chi connectivity index (χ0) is 19.7. The van der Waals surface area contributed by atoms with Crippen LogP contribution in [0.15, 0.2) is 35.7 Å². The number of carbonyl (C=O) groups is 1. The summed E-state index contributed by atoms with van der Waals surface area (Å²) >= 11 is 3.46. The minimum Gasteiger partial charge on any atom is -0.366 e. The molecule has 3 heterocycles. The van der Waals surface area contributed by atoms with Crippen LogP contribution in [0.2, 0.25) is 0 Å². The van der Waals surface area contributed by atoms with Crippen molar-refractivity contribution in [1.82, 2.24) is 5.32 Å². The van der Waals surface area contributed by atoms with E-state index in [2.05, 4.69) is 10.2 Å². The smallest absolute Gasteiger partial charge is 0.366 e. The van der Waals surface area contributed by atoms with Crippen molar-refractivity contribution in [3.63, 3.8) is 0 Å². The van der Waals surface area contributed by atoms with Crippen LogP contribution in [0.5, 0.6) is 0 Å². The first-order chi connectivity index (χ1) is 13.4. The number of thiophene rings is 1. The van der Waals surface area contributed by atoms with Gasteiger partial charge in [0, 0.05) is 41.2 Å². The van der Waals surface area contributed by atoms with Crippen LogP contribution >= 0.6 is 23.1 Å². The summed E-state index contributed by atoms with van der Waals surface area (Å²) in [6.45, 7) is 1.30. The third kappa shape index (κ3) is 4.03. The van der Waals surface area contributed by atoms with Gasteiger partial charge in [-0.05, 0) is 48.1 Å². The predicted molar refractivity (Wildman–Crippen MR) is 108 cm³/mol. The highest BCUT2D eigenvalue weighted by molar-refractivity contribution is 7.99. The molecule has 0 saturated carbocycles. The van der Waals surface area contributed by atoms with Crippen molar-refractivity contribution < 1.29 is 18.0 Å². The van der Waals surface area contributed by atoms with Crippen molar-refractivity contribution >= 4 is 34.7 Å². The van der Waals surface area contributed by atoms with Crippen LogP contribution in [0.1, 0.15) is 16.0 Å². The van der Waals surface area contributed by atoms with Crippen molar-refractivity contribution in [1.29, 1.82) is 0 Å². The maximum atomic E-state index is 13.2. The number of nitrogens with one attached hydrogen (secondary N) is 1. The molecule has 1 aromatic heterocycles. The number of benzene rings is 1. The second-order valence-corrected chi connectivity index (χ2v) is 9.29. The summed E-state index contributed by atoms with van der Waals surface area (Å²) in [6, 6.07) is 8.00. The van der Waals surface area contributed by atoms with E-state index in [-0.39, 0.29) is 17.9 Å². The number of rotatable bonds is 4. The molecular weight excluding hydrogens is 405 g/mol. The minimum absolute atomic E-state index is 0.0322. The third-order valence-corrected chi connectivity index (χ3v) is 7.36. The summed E-state index contributed by atoms with van der Waals surface area (Å²) < 4.78 is 39.5. The Labute approximate surface area is 170 Å². The van der Waals surface area contributed by atoms with Gasteiger partial charge in [-0.2, -0.15) is 24.9 Å². The van der Waals surface area contributed by atoms with E-state index >= 15 is 0 Å². The molecule has 2 atom stereocenters. The lowest BCUT2D eigenvalue weighted by molar-refractivity contribution is -0.137. The Balaban J connectivity index is 1.53. The number of hydrogen-bond acceptors (Lipinski definition) is 4. The van der Waals surface area contributed by atoms with Gasteiger partial charge in [0.25, 0.3) is 0 Å². The fourth-order valence-electron chi connectivity index (χ4n) is 4.00. The molecule has 0 aliphatic carbocycles. The fraction of sp³-hybridized carbons (Fsp3) is 0.450. The molecule has 2 aliphatic heterocycles. The van der Waals surface area contributed by atoms with Gasteiger partial charge in [0.1, 0.15) is 0 Å². The van der Waals surface area contributed by atoms with E-state index in [0.717, 1.165) is 36.2 Å². The molecule has 4 rings (SSSR count). The van der Waals surface area contributed by atoms with E-state index in [1.165, 1.54) is 10.9 Å². The molecule has 1 amide bonds. The number of fused-ring (bicyclic) bond motifs is 3. The first-order valence-corrected chi connectivity index (χ1v) is 11.3. The zero-order valence-corrected chi connectivity index (χ0v) is 16.8. The van der Waals surface area contributed by atoms with Gasteiger partial charge in [-0.15, -0.1) is 11.3 Å². The predicted octanol–water partition coefficient (Wildman–Crippen LogP) is 4.22.